The van der Waals surface area contributed by atoms with Gasteiger partial charge in [-0.25, -0.2) is 0 Å². The standard InChI is InChI=1S/C18H19NO7/c1-23-14-7-11(8-15(24-2)17(14)22)18-16(21)13(20)9-12(26-18)10-19-3-5-25-6-4-19/h7-9H,3-6,10H2,1-2H3. The molecule has 0 aromatic carbocycles. The Labute approximate surface area is 150 Å². The van der Waals surface area contributed by atoms with Crippen molar-refractivity contribution < 1.29 is 33.3 Å². The van der Waals surface area contributed by atoms with Crippen molar-refractivity contribution >= 4 is 17.3 Å². The molecule has 0 saturated carbocycles. The van der Waals surface area contributed by atoms with Gasteiger partial charge in [-0.3, -0.25) is 19.3 Å². The van der Waals surface area contributed by atoms with E-state index >= 15 is 0 Å². The fourth-order valence-electron chi connectivity index (χ4n) is 2.79. The van der Waals surface area contributed by atoms with Crippen LogP contribution in [0.15, 0.2) is 46.8 Å². The number of carbonyl (C=O) groups is 3. The molecule has 8 nitrogen and oxygen atoms in total. The average Bonchev–Trinajstić information content (AvgIpc) is 2.65. The van der Waals surface area contributed by atoms with Crippen molar-refractivity contribution in [2.75, 3.05) is 47.1 Å². The average molecular weight is 361 g/mol. The van der Waals surface area contributed by atoms with Gasteiger partial charge in [-0.2, -0.15) is 0 Å². The molecule has 0 bridgehead atoms. The lowest BCUT2D eigenvalue weighted by atomic mass is 10.00. The van der Waals surface area contributed by atoms with Gasteiger partial charge in [0.1, 0.15) is 5.76 Å². The van der Waals surface area contributed by atoms with Crippen LogP contribution in [0.1, 0.15) is 0 Å². The van der Waals surface area contributed by atoms with Crippen molar-refractivity contribution in [2.24, 2.45) is 0 Å². The number of morpholine rings is 1. The summed E-state index contributed by atoms with van der Waals surface area (Å²) in [5, 5.41) is 0. The van der Waals surface area contributed by atoms with Gasteiger partial charge < -0.3 is 18.9 Å². The van der Waals surface area contributed by atoms with E-state index in [0.717, 1.165) is 0 Å². The van der Waals surface area contributed by atoms with E-state index in [9.17, 15) is 14.4 Å². The molecule has 0 amide bonds. The van der Waals surface area contributed by atoms with Crippen molar-refractivity contribution in [3.8, 4) is 0 Å². The first-order chi connectivity index (χ1) is 12.5. The monoisotopic (exact) mass is 361 g/mol. The predicted molar refractivity (Wildman–Crippen MR) is 88.7 cm³/mol. The van der Waals surface area contributed by atoms with Gasteiger partial charge in [-0.05, 0) is 12.2 Å². The summed E-state index contributed by atoms with van der Waals surface area (Å²) in [5.41, 5.74) is 0.254. The molecule has 1 saturated heterocycles. The van der Waals surface area contributed by atoms with E-state index in [1.54, 1.807) is 0 Å². The van der Waals surface area contributed by atoms with Gasteiger partial charge in [0.25, 0.3) is 11.6 Å². The topological polar surface area (TPSA) is 91.4 Å². The van der Waals surface area contributed by atoms with Gasteiger partial charge >= 0.3 is 0 Å². The lowest BCUT2D eigenvalue weighted by Crippen LogP contribution is -2.39. The van der Waals surface area contributed by atoms with Crippen LogP contribution in [0.4, 0.5) is 0 Å². The van der Waals surface area contributed by atoms with E-state index in [1.165, 1.54) is 32.4 Å². The summed E-state index contributed by atoms with van der Waals surface area (Å²) in [6, 6.07) is 0. The largest absolute Gasteiger partial charge is 0.492 e. The number of ether oxygens (including phenoxy) is 4. The van der Waals surface area contributed by atoms with Gasteiger partial charge in [0.05, 0.1) is 34.0 Å². The normalized spacial score (nSPS) is 21.8. The second kappa shape index (κ2) is 7.67. The number of rotatable bonds is 4. The Morgan fingerprint density at radius 2 is 1.58 bits per heavy atom. The first-order valence-electron chi connectivity index (χ1n) is 8.11. The third kappa shape index (κ3) is 3.61. The smallest absolute Gasteiger partial charge is 0.268 e. The van der Waals surface area contributed by atoms with E-state index < -0.39 is 17.3 Å². The molecular formula is C18H19NO7. The molecule has 26 heavy (non-hydrogen) atoms. The zero-order valence-corrected chi connectivity index (χ0v) is 14.6. The fraction of sp³-hybridized carbons (Fsp3) is 0.389. The molecule has 2 heterocycles. The Kier molecular flexibility index (Phi) is 5.34. The molecule has 0 unspecified atom stereocenters. The third-order valence-corrected chi connectivity index (χ3v) is 4.16. The number of ketones is 3. The first-order valence-corrected chi connectivity index (χ1v) is 8.11. The quantitative estimate of drug-likeness (QED) is 0.520. The lowest BCUT2D eigenvalue weighted by molar-refractivity contribution is -0.134. The minimum absolute atomic E-state index is 0.0000173. The molecule has 8 heteroatoms. The van der Waals surface area contributed by atoms with E-state index in [-0.39, 0.29) is 22.9 Å². The summed E-state index contributed by atoms with van der Waals surface area (Å²) in [5.74, 6) is -1.66. The van der Waals surface area contributed by atoms with Gasteiger partial charge in [-0.1, -0.05) is 0 Å². The number of carbonyl (C=O) groups excluding carboxylic acids is 3. The lowest BCUT2D eigenvalue weighted by Gasteiger charge is -2.28. The summed E-state index contributed by atoms with van der Waals surface area (Å²) in [6.45, 7) is 3.03. The molecule has 0 aromatic heterocycles. The molecule has 138 valence electrons. The third-order valence-electron chi connectivity index (χ3n) is 4.16. The molecule has 0 atom stereocenters. The maximum atomic E-state index is 12.3. The highest BCUT2D eigenvalue weighted by atomic mass is 16.5. The van der Waals surface area contributed by atoms with Crippen LogP contribution in [0.2, 0.25) is 0 Å². The van der Waals surface area contributed by atoms with Crippen molar-refractivity contribution in [3.63, 3.8) is 0 Å². The first kappa shape index (κ1) is 18.1. The van der Waals surface area contributed by atoms with Gasteiger partial charge in [-0.15, -0.1) is 0 Å². The maximum Gasteiger partial charge on any atom is 0.268 e. The van der Waals surface area contributed by atoms with E-state index in [4.69, 9.17) is 18.9 Å². The highest BCUT2D eigenvalue weighted by molar-refractivity contribution is 6.47. The van der Waals surface area contributed by atoms with Crippen LogP contribution in [-0.2, 0) is 33.3 Å². The number of allylic oxidation sites excluding steroid dienone is 5. The molecule has 1 fully saturated rings. The highest BCUT2D eigenvalue weighted by Gasteiger charge is 2.32. The van der Waals surface area contributed by atoms with Crippen molar-refractivity contribution in [2.45, 2.75) is 0 Å². The van der Waals surface area contributed by atoms with Crippen LogP contribution in [-0.4, -0.2) is 69.3 Å². The number of Topliss-reactive ketones (excluding diaryl/α,β-unsaturated/α-hetero) is 2. The van der Waals surface area contributed by atoms with Crippen molar-refractivity contribution in [3.05, 3.63) is 46.8 Å². The molecule has 1 aliphatic carbocycles. The van der Waals surface area contributed by atoms with Crippen LogP contribution in [0.5, 0.6) is 0 Å². The van der Waals surface area contributed by atoms with Gasteiger partial charge in [0, 0.05) is 24.7 Å². The number of nitrogens with zero attached hydrogens (tertiary/aromatic N) is 1. The SMILES string of the molecule is COC1=CC(=C2OC(CN3CCOCC3)=CC(=O)C2=O)C=C(OC)C1=O. The highest BCUT2D eigenvalue weighted by Crippen LogP contribution is 2.27. The predicted octanol–water partition coefficient (Wildman–Crippen LogP) is 0.268. The second-order valence-electron chi connectivity index (χ2n) is 5.83. The summed E-state index contributed by atoms with van der Waals surface area (Å²) in [7, 11) is 2.67. The van der Waals surface area contributed by atoms with E-state index in [0.29, 0.717) is 38.6 Å². The minimum Gasteiger partial charge on any atom is -0.492 e. The maximum absolute atomic E-state index is 12.3. The Bertz CT molecular complexity index is 740. The van der Waals surface area contributed by atoms with Crippen LogP contribution in [0, 0.1) is 0 Å². The van der Waals surface area contributed by atoms with Crippen molar-refractivity contribution in [1.29, 1.82) is 0 Å². The van der Waals surface area contributed by atoms with Crippen LogP contribution < -0.4 is 0 Å². The zero-order chi connectivity index (χ0) is 18.7. The van der Waals surface area contributed by atoms with Gasteiger partial charge in [0.2, 0.25) is 5.78 Å². The Balaban J connectivity index is 1.92. The summed E-state index contributed by atoms with van der Waals surface area (Å²) >= 11 is 0. The zero-order valence-electron chi connectivity index (χ0n) is 14.6. The van der Waals surface area contributed by atoms with Crippen LogP contribution in [0.3, 0.4) is 0 Å². The summed E-state index contributed by atoms with van der Waals surface area (Å²) in [4.78, 5) is 38.5. The summed E-state index contributed by atoms with van der Waals surface area (Å²) < 4.78 is 21.1. The second-order valence-corrected chi connectivity index (χ2v) is 5.83. The van der Waals surface area contributed by atoms with Crippen LogP contribution >= 0.6 is 0 Å². The molecule has 0 radical (unpaired) electrons. The molecule has 0 spiro atoms. The van der Waals surface area contributed by atoms with E-state index in [2.05, 4.69) is 4.90 Å². The minimum atomic E-state index is -0.779. The molecular weight excluding hydrogens is 342 g/mol. The van der Waals surface area contributed by atoms with E-state index in [1.807, 2.05) is 0 Å². The Hall–Kier alpha value is -2.71. The number of hydrogen-bond acceptors (Lipinski definition) is 8. The number of hydrogen-bond donors (Lipinski definition) is 0. The van der Waals surface area contributed by atoms with Gasteiger partial charge in [0.15, 0.2) is 17.3 Å². The molecule has 3 aliphatic rings. The Morgan fingerprint density at radius 3 is 2.15 bits per heavy atom. The van der Waals surface area contributed by atoms with Crippen LogP contribution in [0.25, 0.3) is 0 Å². The fourth-order valence-corrected chi connectivity index (χ4v) is 2.79. The summed E-state index contributed by atoms with van der Waals surface area (Å²) in [6.07, 6.45) is 3.93. The number of methoxy groups -OCH3 is 2. The Morgan fingerprint density at radius 1 is 0.962 bits per heavy atom. The molecule has 0 aromatic rings. The molecule has 0 N–H and O–H groups in total. The van der Waals surface area contributed by atoms with Crippen molar-refractivity contribution in [1.82, 2.24) is 4.90 Å². The molecule has 2 aliphatic heterocycles. The molecule has 3 rings (SSSR count).